The number of esters is 1. The number of nitro groups is 1. The van der Waals surface area contributed by atoms with E-state index in [9.17, 15) is 19.7 Å². The van der Waals surface area contributed by atoms with E-state index < -0.39 is 10.9 Å². The zero-order valence-electron chi connectivity index (χ0n) is 15.6. The van der Waals surface area contributed by atoms with Crippen LogP contribution in [0.1, 0.15) is 24.2 Å². The highest BCUT2D eigenvalue weighted by molar-refractivity contribution is 7.99. The summed E-state index contributed by atoms with van der Waals surface area (Å²) in [5.74, 6) is -0.700. The lowest BCUT2D eigenvalue weighted by molar-refractivity contribution is -0.380. The molecule has 2 aromatic heterocycles. The van der Waals surface area contributed by atoms with E-state index in [1.54, 1.807) is 25.1 Å². The van der Waals surface area contributed by atoms with Crippen LogP contribution >= 0.6 is 23.1 Å². The normalized spacial score (nSPS) is 10.8. The molecule has 0 unspecified atom stereocenters. The number of aryl methyl sites for hydroxylation is 1. The smallest absolute Gasteiger partial charge is 0.345 e. The minimum absolute atomic E-state index is 0.0570. The Morgan fingerprint density at radius 3 is 2.83 bits per heavy atom. The van der Waals surface area contributed by atoms with Crippen LogP contribution in [0.4, 0.5) is 10.1 Å². The molecule has 0 radical (unpaired) electrons. The van der Waals surface area contributed by atoms with Gasteiger partial charge < -0.3 is 14.6 Å². The quantitative estimate of drug-likeness (QED) is 0.247. The number of nitrogens with one attached hydrogen (secondary N) is 1. The summed E-state index contributed by atoms with van der Waals surface area (Å²) in [4.78, 5) is 42.6. The molecule has 3 rings (SSSR count). The highest BCUT2D eigenvalue weighted by atomic mass is 32.2. The first-order valence-electron chi connectivity index (χ1n) is 8.63. The van der Waals surface area contributed by atoms with Crippen molar-refractivity contribution in [1.82, 2.24) is 14.5 Å². The molecule has 0 fully saturated rings. The maximum atomic E-state index is 12.2. The fourth-order valence-electron chi connectivity index (χ4n) is 2.56. The lowest BCUT2D eigenvalue weighted by Gasteiger charge is -2.06. The van der Waals surface area contributed by atoms with Crippen LogP contribution in [-0.2, 0) is 16.1 Å². The van der Waals surface area contributed by atoms with Crippen LogP contribution in [0.15, 0.2) is 29.6 Å². The van der Waals surface area contributed by atoms with Gasteiger partial charge in [0.05, 0.1) is 33.9 Å². The number of imidazole rings is 1. The number of rotatable bonds is 8. The molecule has 0 aliphatic rings. The molecule has 0 aliphatic heterocycles. The third kappa shape index (κ3) is 4.71. The van der Waals surface area contributed by atoms with Gasteiger partial charge in [-0.3, -0.25) is 14.9 Å². The number of carbonyl (C=O) groups excluding carboxylic acids is 2. The van der Waals surface area contributed by atoms with Crippen molar-refractivity contribution in [2.24, 2.45) is 0 Å². The van der Waals surface area contributed by atoms with Gasteiger partial charge in [-0.15, -0.1) is 0 Å². The summed E-state index contributed by atoms with van der Waals surface area (Å²) in [5.41, 5.74) is 1.90. The maximum Gasteiger partial charge on any atom is 0.345 e. The Balaban J connectivity index is 1.72. The minimum Gasteiger partial charge on any atom is -0.462 e. The standard InChI is InChI=1S/C17H17N5O5S2/c1-3-21-12-6-5-10(15(24)27-4-2)7-11(12)19-17(21)28-9-13(23)20-16-18-8-14(29-16)22(25)26/h5-8H,3-4,9H2,1-2H3,(H,18,20,23). The molecule has 0 spiro atoms. The van der Waals surface area contributed by atoms with Crippen LogP contribution in [0.5, 0.6) is 0 Å². The number of aromatic nitrogens is 3. The van der Waals surface area contributed by atoms with Crippen molar-refractivity contribution >= 4 is 56.1 Å². The van der Waals surface area contributed by atoms with Crippen molar-refractivity contribution in [2.75, 3.05) is 17.7 Å². The van der Waals surface area contributed by atoms with Gasteiger partial charge in [-0.1, -0.05) is 11.8 Å². The van der Waals surface area contributed by atoms with E-state index in [1.165, 1.54) is 11.8 Å². The zero-order valence-corrected chi connectivity index (χ0v) is 17.2. The van der Waals surface area contributed by atoms with Crippen molar-refractivity contribution < 1.29 is 19.2 Å². The summed E-state index contributed by atoms with van der Waals surface area (Å²) in [5, 5.41) is 13.9. The average Bonchev–Trinajstić information content (AvgIpc) is 3.30. The highest BCUT2D eigenvalue weighted by Crippen LogP contribution is 2.27. The predicted octanol–water partition coefficient (Wildman–Crippen LogP) is 3.33. The number of hydrogen-bond acceptors (Lipinski definition) is 9. The van der Waals surface area contributed by atoms with Crippen LogP contribution in [0.3, 0.4) is 0 Å². The summed E-state index contributed by atoms with van der Waals surface area (Å²) in [7, 11) is 0. The number of hydrogen-bond donors (Lipinski definition) is 1. The van der Waals surface area contributed by atoms with Gasteiger partial charge in [0.15, 0.2) is 10.3 Å². The molecule has 10 nitrogen and oxygen atoms in total. The second-order valence-corrected chi connectivity index (χ2v) is 7.61. The molecule has 152 valence electrons. The van der Waals surface area contributed by atoms with E-state index in [0.29, 0.717) is 29.4 Å². The summed E-state index contributed by atoms with van der Waals surface area (Å²) in [6.07, 6.45) is 1.10. The van der Waals surface area contributed by atoms with E-state index in [-0.39, 0.29) is 21.8 Å². The Morgan fingerprint density at radius 2 is 2.17 bits per heavy atom. The molecule has 2 heterocycles. The van der Waals surface area contributed by atoms with Gasteiger partial charge >= 0.3 is 11.0 Å². The third-order valence-corrected chi connectivity index (χ3v) is 5.63. The van der Waals surface area contributed by atoms with Gasteiger partial charge in [-0.05, 0) is 43.4 Å². The lowest BCUT2D eigenvalue weighted by atomic mass is 10.2. The maximum absolute atomic E-state index is 12.2. The highest BCUT2D eigenvalue weighted by Gasteiger charge is 2.17. The SMILES string of the molecule is CCOC(=O)c1ccc2c(c1)nc(SCC(=O)Nc1ncc([N+](=O)[O-])s1)n2CC. The first kappa shape index (κ1) is 20.7. The first-order valence-corrected chi connectivity index (χ1v) is 10.4. The molecule has 12 heteroatoms. The van der Waals surface area contributed by atoms with Crippen LogP contribution in [-0.4, -0.2) is 43.7 Å². The van der Waals surface area contributed by atoms with Crippen molar-refractivity contribution in [3.63, 3.8) is 0 Å². The molecule has 0 bridgehead atoms. The van der Waals surface area contributed by atoms with Gasteiger partial charge in [0.1, 0.15) is 6.20 Å². The number of nitrogens with zero attached hydrogens (tertiary/aromatic N) is 4. The zero-order chi connectivity index (χ0) is 21.0. The minimum atomic E-state index is -0.559. The summed E-state index contributed by atoms with van der Waals surface area (Å²) < 4.78 is 6.95. The van der Waals surface area contributed by atoms with Crippen molar-refractivity contribution in [2.45, 2.75) is 25.5 Å². The molecule has 1 amide bonds. The number of thioether (sulfide) groups is 1. The van der Waals surface area contributed by atoms with Crippen LogP contribution in [0.2, 0.25) is 0 Å². The fourth-order valence-corrected chi connectivity index (χ4v) is 4.08. The monoisotopic (exact) mass is 435 g/mol. The van der Waals surface area contributed by atoms with Crippen molar-refractivity contribution in [3.05, 3.63) is 40.1 Å². The first-order chi connectivity index (χ1) is 13.9. The van der Waals surface area contributed by atoms with Crippen LogP contribution < -0.4 is 5.32 Å². The number of anilines is 1. The Bertz CT molecular complexity index is 1080. The summed E-state index contributed by atoms with van der Waals surface area (Å²) in [6, 6.07) is 5.15. The molecule has 29 heavy (non-hydrogen) atoms. The van der Waals surface area contributed by atoms with Gasteiger partial charge in [0.2, 0.25) is 5.91 Å². The molecule has 0 aliphatic carbocycles. The number of carbonyl (C=O) groups is 2. The van der Waals surface area contributed by atoms with Crippen LogP contribution in [0.25, 0.3) is 11.0 Å². The summed E-state index contributed by atoms with van der Waals surface area (Å²) >= 11 is 2.02. The Hall–Kier alpha value is -2.99. The van der Waals surface area contributed by atoms with Crippen LogP contribution in [0, 0.1) is 10.1 Å². The Morgan fingerprint density at radius 1 is 1.38 bits per heavy atom. The lowest BCUT2D eigenvalue weighted by Crippen LogP contribution is -2.14. The number of amides is 1. The molecule has 0 atom stereocenters. The molecule has 3 aromatic rings. The molecular formula is C17H17N5O5S2. The average molecular weight is 435 g/mol. The predicted molar refractivity (Wildman–Crippen MR) is 109 cm³/mol. The topological polar surface area (TPSA) is 129 Å². The second-order valence-electron chi connectivity index (χ2n) is 5.66. The number of benzene rings is 1. The fraction of sp³-hybridized carbons (Fsp3) is 0.294. The van der Waals surface area contributed by atoms with Gasteiger partial charge in [0, 0.05) is 6.54 Å². The second kappa shape index (κ2) is 9.01. The van der Waals surface area contributed by atoms with E-state index in [0.717, 1.165) is 23.1 Å². The summed E-state index contributed by atoms with van der Waals surface area (Å²) in [6.45, 7) is 4.63. The van der Waals surface area contributed by atoms with E-state index in [1.807, 2.05) is 11.5 Å². The van der Waals surface area contributed by atoms with E-state index in [2.05, 4.69) is 15.3 Å². The third-order valence-electron chi connectivity index (χ3n) is 3.79. The van der Waals surface area contributed by atoms with E-state index in [4.69, 9.17) is 4.74 Å². The molecule has 0 saturated carbocycles. The number of thiazole rings is 1. The molecule has 1 aromatic carbocycles. The van der Waals surface area contributed by atoms with Gasteiger partial charge in [0.25, 0.3) is 0 Å². The van der Waals surface area contributed by atoms with Gasteiger partial charge in [-0.25, -0.2) is 14.8 Å². The number of ether oxygens (including phenoxy) is 1. The Labute approximate surface area is 173 Å². The molecule has 1 N–H and O–H groups in total. The van der Waals surface area contributed by atoms with Crippen molar-refractivity contribution in [3.8, 4) is 0 Å². The molecule has 0 saturated heterocycles. The molecular weight excluding hydrogens is 418 g/mol. The van der Waals surface area contributed by atoms with E-state index >= 15 is 0 Å². The van der Waals surface area contributed by atoms with Crippen molar-refractivity contribution in [1.29, 1.82) is 0 Å². The van der Waals surface area contributed by atoms with Gasteiger partial charge in [-0.2, -0.15) is 0 Å². The largest absolute Gasteiger partial charge is 0.462 e. The Kier molecular flexibility index (Phi) is 6.44. The number of fused-ring (bicyclic) bond motifs is 1.